The Morgan fingerprint density at radius 1 is 1.09 bits per heavy atom. The van der Waals surface area contributed by atoms with E-state index in [2.05, 4.69) is 4.90 Å². The molecule has 0 radical (unpaired) electrons. The van der Waals surface area contributed by atoms with Crippen LogP contribution < -0.4 is 4.90 Å². The number of amides is 1. The van der Waals surface area contributed by atoms with Gasteiger partial charge in [0, 0.05) is 31.2 Å². The van der Waals surface area contributed by atoms with Gasteiger partial charge in [0.15, 0.2) is 0 Å². The van der Waals surface area contributed by atoms with Crippen LogP contribution in [0.4, 0.5) is 5.69 Å². The number of anilines is 1. The molecular formula is C18H20N2O2. The molecule has 1 aromatic heterocycles. The SMILES string of the molecule is Cc1ccc(CN2C[C@@H]3CN(c4ccccc4)C(=O)[C@H]3C2)o1. The third kappa shape index (κ3) is 2.33. The van der Waals surface area contributed by atoms with Crippen LogP contribution in [0.1, 0.15) is 11.5 Å². The number of carbonyl (C=O) groups is 1. The lowest BCUT2D eigenvalue weighted by atomic mass is 10.0. The van der Waals surface area contributed by atoms with E-state index in [1.54, 1.807) is 0 Å². The first-order valence-electron chi connectivity index (χ1n) is 7.85. The molecule has 1 aromatic carbocycles. The van der Waals surface area contributed by atoms with Crippen molar-refractivity contribution >= 4 is 11.6 Å². The predicted octanol–water partition coefficient (Wildman–Crippen LogP) is 2.68. The highest BCUT2D eigenvalue weighted by Crippen LogP contribution is 2.35. The van der Waals surface area contributed by atoms with Crippen molar-refractivity contribution in [2.24, 2.45) is 11.8 Å². The van der Waals surface area contributed by atoms with Crippen molar-refractivity contribution in [1.29, 1.82) is 0 Å². The molecular weight excluding hydrogens is 276 g/mol. The van der Waals surface area contributed by atoms with Gasteiger partial charge < -0.3 is 9.32 Å². The maximum atomic E-state index is 12.7. The Labute approximate surface area is 130 Å². The van der Waals surface area contributed by atoms with Crippen molar-refractivity contribution < 1.29 is 9.21 Å². The number of nitrogens with zero attached hydrogens (tertiary/aromatic N) is 2. The molecule has 3 heterocycles. The van der Waals surface area contributed by atoms with E-state index in [4.69, 9.17) is 4.42 Å². The van der Waals surface area contributed by atoms with Crippen molar-refractivity contribution in [3.05, 3.63) is 54.0 Å². The fraction of sp³-hybridized carbons (Fsp3) is 0.389. The van der Waals surface area contributed by atoms with E-state index in [0.29, 0.717) is 5.92 Å². The first-order chi connectivity index (χ1) is 10.7. The standard InChI is InChI=1S/C18H20N2O2/c1-13-7-8-16(22-13)11-19-9-14-10-20(18(21)17(14)12-19)15-5-3-2-4-6-15/h2-8,14,17H,9-12H2,1H3/t14-,17+/m1/s1. The van der Waals surface area contributed by atoms with Gasteiger partial charge in [-0.2, -0.15) is 0 Å². The highest BCUT2D eigenvalue weighted by atomic mass is 16.3. The highest BCUT2D eigenvalue weighted by Gasteiger charge is 2.46. The minimum Gasteiger partial charge on any atom is -0.465 e. The summed E-state index contributed by atoms with van der Waals surface area (Å²) in [6.07, 6.45) is 0. The van der Waals surface area contributed by atoms with E-state index in [1.165, 1.54) is 0 Å². The van der Waals surface area contributed by atoms with Gasteiger partial charge in [-0.15, -0.1) is 0 Å². The molecule has 2 saturated heterocycles. The fourth-order valence-corrected chi connectivity index (χ4v) is 3.71. The third-order valence-corrected chi connectivity index (χ3v) is 4.76. The van der Waals surface area contributed by atoms with E-state index in [1.807, 2.05) is 54.3 Å². The molecule has 4 nitrogen and oxygen atoms in total. The second-order valence-corrected chi connectivity index (χ2v) is 6.36. The van der Waals surface area contributed by atoms with E-state index < -0.39 is 0 Å². The largest absolute Gasteiger partial charge is 0.465 e. The first kappa shape index (κ1) is 13.6. The minimum atomic E-state index is 0.135. The Kier molecular flexibility index (Phi) is 3.26. The number of rotatable bonds is 3. The van der Waals surface area contributed by atoms with Gasteiger partial charge in [0.05, 0.1) is 12.5 Å². The molecule has 2 aliphatic rings. The van der Waals surface area contributed by atoms with Crippen LogP contribution in [0.25, 0.3) is 0 Å². The topological polar surface area (TPSA) is 36.7 Å². The van der Waals surface area contributed by atoms with Gasteiger partial charge in [0.2, 0.25) is 5.91 Å². The van der Waals surface area contributed by atoms with Crippen molar-refractivity contribution in [2.75, 3.05) is 24.5 Å². The summed E-state index contributed by atoms with van der Waals surface area (Å²) >= 11 is 0. The second kappa shape index (κ2) is 5.29. The molecule has 2 aromatic rings. The summed E-state index contributed by atoms with van der Waals surface area (Å²) in [5, 5.41) is 0. The molecule has 1 amide bonds. The summed E-state index contributed by atoms with van der Waals surface area (Å²) in [7, 11) is 0. The van der Waals surface area contributed by atoms with Gasteiger partial charge in [0.1, 0.15) is 11.5 Å². The van der Waals surface area contributed by atoms with Crippen LogP contribution in [0.3, 0.4) is 0 Å². The third-order valence-electron chi connectivity index (χ3n) is 4.76. The number of fused-ring (bicyclic) bond motifs is 1. The van der Waals surface area contributed by atoms with Crippen LogP contribution in [-0.2, 0) is 11.3 Å². The number of carbonyl (C=O) groups excluding carboxylic acids is 1. The minimum absolute atomic E-state index is 0.135. The molecule has 2 atom stereocenters. The van der Waals surface area contributed by atoms with E-state index in [9.17, 15) is 4.79 Å². The van der Waals surface area contributed by atoms with Gasteiger partial charge in [-0.1, -0.05) is 18.2 Å². The number of hydrogen-bond donors (Lipinski definition) is 0. The zero-order chi connectivity index (χ0) is 15.1. The van der Waals surface area contributed by atoms with Gasteiger partial charge in [-0.3, -0.25) is 9.69 Å². The molecule has 22 heavy (non-hydrogen) atoms. The molecule has 0 saturated carbocycles. The summed E-state index contributed by atoms with van der Waals surface area (Å²) in [6.45, 7) is 5.41. The van der Waals surface area contributed by atoms with Crippen LogP contribution in [0.2, 0.25) is 0 Å². The Morgan fingerprint density at radius 2 is 1.91 bits per heavy atom. The molecule has 4 rings (SSSR count). The van der Waals surface area contributed by atoms with Crippen molar-refractivity contribution in [1.82, 2.24) is 4.90 Å². The fourth-order valence-electron chi connectivity index (χ4n) is 3.71. The lowest BCUT2D eigenvalue weighted by Gasteiger charge is -2.21. The van der Waals surface area contributed by atoms with Gasteiger partial charge in [-0.05, 0) is 31.2 Å². The molecule has 2 fully saturated rings. The second-order valence-electron chi connectivity index (χ2n) is 6.36. The van der Waals surface area contributed by atoms with Crippen LogP contribution in [0.15, 0.2) is 46.9 Å². The van der Waals surface area contributed by atoms with Crippen LogP contribution in [0, 0.1) is 18.8 Å². The number of benzene rings is 1. The Morgan fingerprint density at radius 3 is 2.59 bits per heavy atom. The Balaban J connectivity index is 1.44. The van der Waals surface area contributed by atoms with Crippen LogP contribution in [0.5, 0.6) is 0 Å². The number of aryl methyl sites for hydroxylation is 1. The van der Waals surface area contributed by atoms with E-state index in [-0.39, 0.29) is 11.8 Å². The Bertz CT molecular complexity index is 679. The summed E-state index contributed by atoms with van der Waals surface area (Å²) in [4.78, 5) is 17.0. The van der Waals surface area contributed by atoms with Crippen LogP contribution in [-0.4, -0.2) is 30.4 Å². The van der Waals surface area contributed by atoms with E-state index in [0.717, 1.165) is 43.4 Å². The molecule has 2 aliphatic heterocycles. The van der Waals surface area contributed by atoms with Gasteiger partial charge in [-0.25, -0.2) is 0 Å². The number of hydrogen-bond acceptors (Lipinski definition) is 3. The predicted molar refractivity (Wildman–Crippen MR) is 84.5 cm³/mol. The zero-order valence-corrected chi connectivity index (χ0v) is 12.7. The quantitative estimate of drug-likeness (QED) is 0.874. The average Bonchev–Trinajstić information content (AvgIpc) is 3.18. The maximum Gasteiger partial charge on any atom is 0.231 e. The van der Waals surface area contributed by atoms with E-state index >= 15 is 0 Å². The van der Waals surface area contributed by atoms with Gasteiger partial charge >= 0.3 is 0 Å². The summed E-state index contributed by atoms with van der Waals surface area (Å²) in [6, 6.07) is 14.0. The summed E-state index contributed by atoms with van der Waals surface area (Å²) < 4.78 is 5.65. The molecule has 0 spiro atoms. The average molecular weight is 296 g/mol. The molecule has 0 unspecified atom stereocenters. The van der Waals surface area contributed by atoms with Gasteiger partial charge in [0.25, 0.3) is 0 Å². The van der Waals surface area contributed by atoms with Crippen molar-refractivity contribution in [3.8, 4) is 0 Å². The number of para-hydroxylation sites is 1. The molecule has 0 bridgehead atoms. The lowest BCUT2D eigenvalue weighted by Crippen LogP contribution is -2.32. The maximum absolute atomic E-state index is 12.7. The van der Waals surface area contributed by atoms with Crippen molar-refractivity contribution in [3.63, 3.8) is 0 Å². The van der Waals surface area contributed by atoms with Crippen LogP contribution >= 0.6 is 0 Å². The molecule has 114 valence electrons. The normalized spacial score (nSPS) is 25.0. The summed E-state index contributed by atoms with van der Waals surface area (Å²) in [5.41, 5.74) is 1.02. The smallest absolute Gasteiger partial charge is 0.231 e. The molecule has 0 aliphatic carbocycles. The zero-order valence-electron chi connectivity index (χ0n) is 12.7. The molecule has 0 N–H and O–H groups in total. The summed E-state index contributed by atoms with van der Waals surface area (Å²) in [5.74, 6) is 2.78. The monoisotopic (exact) mass is 296 g/mol. The number of likely N-dealkylation sites (tertiary alicyclic amines) is 1. The molecule has 4 heteroatoms. The Hall–Kier alpha value is -2.07. The first-order valence-corrected chi connectivity index (χ1v) is 7.85. The highest BCUT2D eigenvalue weighted by molar-refractivity contribution is 5.98. The number of furan rings is 1. The van der Waals surface area contributed by atoms with Crippen molar-refractivity contribution in [2.45, 2.75) is 13.5 Å². The lowest BCUT2D eigenvalue weighted by molar-refractivity contribution is -0.120.